The van der Waals surface area contributed by atoms with Gasteiger partial charge < -0.3 is 5.32 Å². The van der Waals surface area contributed by atoms with Crippen LogP contribution in [0.1, 0.15) is 22.8 Å². The smallest absolute Gasteiger partial charge is 0.255 e. The van der Waals surface area contributed by atoms with Gasteiger partial charge in [0.1, 0.15) is 0 Å². The van der Waals surface area contributed by atoms with Crippen LogP contribution in [0, 0.1) is 0 Å². The molecule has 0 aromatic heterocycles. The van der Waals surface area contributed by atoms with Gasteiger partial charge in [-0.1, -0.05) is 30.7 Å². The van der Waals surface area contributed by atoms with Crippen molar-refractivity contribution in [3.05, 3.63) is 58.6 Å². The van der Waals surface area contributed by atoms with Gasteiger partial charge >= 0.3 is 0 Å². The first kappa shape index (κ1) is 17.3. The second kappa shape index (κ2) is 7.02. The number of halogens is 1. The van der Waals surface area contributed by atoms with Crippen LogP contribution in [0.15, 0.2) is 42.5 Å². The van der Waals surface area contributed by atoms with Gasteiger partial charge in [0.2, 0.25) is 10.0 Å². The molecule has 122 valence electrons. The fourth-order valence-electron chi connectivity index (χ4n) is 1.97. The molecule has 0 saturated carbocycles. The van der Waals surface area contributed by atoms with Gasteiger partial charge in [0.05, 0.1) is 17.0 Å². The van der Waals surface area contributed by atoms with E-state index in [1.54, 1.807) is 0 Å². The van der Waals surface area contributed by atoms with Gasteiger partial charge in [-0.3, -0.25) is 9.52 Å². The van der Waals surface area contributed by atoms with Crippen molar-refractivity contribution in [1.29, 1.82) is 0 Å². The minimum Gasteiger partial charge on any atom is -0.322 e. The molecule has 2 aromatic rings. The van der Waals surface area contributed by atoms with Crippen LogP contribution in [0.3, 0.4) is 0 Å². The van der Waals surface area contributed by atoms with E-state index in [9.17, 15) is 13.2 Å². The molecule has 5 nitrogen and oxygen atoms in total. The van der Waals surface area contributed by atoms with Crippen molar-refractivity contribution in [3.8, 4) is 0 Å². The summed E-state index contributed by atoms with van der Waals surface area (Å²) in [6, 6.07) is 11.9. The van der Waals surface area contributed by atoms with E-state index < -0.39 is 10.0 Å². The number of anilines is 2. The molecule has 0 radical (unpaired) electrons. The Kier molecular flexibility index (Phi) is 5.28. The van der Waals surface area contributed by atoms with Crippen molar-refractivity contribution in [3.63, 3.8) is 0 Å². The maximum atomic E-state index is 12.3. The number of carbonyl (C=O) groups excluding carboxylic acids is 1. The number of nitrogens with one attached hydrogen (secondary N) is 2. The molecule has 0 atom stereocenters. The third-order valence-electron chi connectivity index (χ3n) is 3.14. The lowest BCUT2D eigenvalue weighted by atomic mass is 10.1. The molecule has 0 aliphatic carbocycles. The molecule has 0 unspecified atom stereocenters. The Hall–Kier alpha value is -2.05. The molecule has 0 heterocycles. The molecule has 0 bridgehead atoms. The van der Waals surface area contributed by atoms with Crippen molar-refractivity contribution in [2.75, 3.05) is 16.3 Å². The monoisotopic (exact) mass is 352 g/mol. The van der Waals surface area contributed by atoms with Gasteiger partial charge in [-0.15, -0.1) is 0 Å². The lowest BCUT2D eigenvalue weighted by molar-refractivity contribution is 0.102. The summed E-state index contributed by atoms with van der Waals surface area (Å²) in [6.07, 6.45) is 1.94. The Balaban J connectivity index is 2.20. The lowest BCUT2D eigenvalue weighted by Gasteiger charge is -2.10. The Morgan fingerprint density at radius 1 is 1.13 bits per heavy atom. The zero-order valence-electron chi connectivity index (χ0n) is 12.8. The summed E-state index contributed by atoms with van der Waals surface area (Å²) in [5.41, 5.74) is 2.32. The molecule has 1 amide bonds. The quantitative estimate of drug-likeness (QED) is 0.864. The lowest BCUT2D eigenvalue weighted by Crippen LogP contribution is -2.14. The molecule has 0 saturated heterocycles. The summed E-state index contributed by atoms with van der Waals surface area (Å²) < 4.78 is 24.9. The first-order valence-electron chi connectivity index (χ1n) is 6.96. The van der Waals surface area contributed by atoms with Crippen molar-refractivity contribution in [1.82, 2.24) is 0 Å². The predicted molar refractivity (Wildman–Crippen MR) is 93.7 cm³/mol. The zero-order valence-corrected chi connectivity index (χ0v) is 14.3. The van der Waals surface area contributed by atoms with Crippen molar-refractivity contribution >= 4 is 38.9 Å². The topological polar surface area (TPSA) is 75.3 Å². The van der Waals surface area contributed by atoms with Crippen LogP contribution in [0.25, 0.3) is 0 Å². The van der Waals surface area contributed by atoms with Crippen molar-refractivity contribution in [2.45, 2.75) is 13.3 Å². The van der Waals surface area contributed by atoms with Gasteiger partial charge in [-0.2, -0.15) is 0 Å². The maximum Gasteiger partial charge on any atom is 0.255 e. The number of carbonyl (C=O) groups is 1. The number of aryl methyl sites for hydroxylation is 1. The highest BCUT2D eigenvalue weighted by molar-refractivity contribution is 7.92. The number of sulfonamides is 1. The van der Waals surface area contributed by atoms with E-state index in [-0.39, 0.29) is 16.6 Å². The number of hydrogen-bond acceptors (Lipinski definition) is 3. The van der Waals surface area contributed by atoms with E-state index in [4.69, 9.17) is 11.6 Å². The second-order valence-corrected chi connectivity index (χ2v) is 7.23. The normalized spacial score (nSPS) is 11.1. The Morgan fingerprint density at radius 3 is 2.35 bits per heavy atom. The van der Waals surface area contributed by atoms with Crippen LogP contribution < -0.4 is 10.0 Å². The SMILES string of the molecule is CCc1ccc(NC(=O)c2ccc(Cl)c(NS(C)(=O)=O)c2)cc1. The summed E-state index contributed by atoms with van der Waals surface area (Å²) in [6.45, 7) is 2.05. The third-order valence-corrected chi connectivity index (χ3v) is 4.06. The van der Waals surface area contributed by atoms with Gasteiger partial charge in [0.15, 0.2) is 0 Å². The molecule has 2 rings (SSSR count). The van der Waals surface area contributed by atoms with Crippen LogP contribution in [-0.2, 0) is 16.4 Å². The van der Waals surface area contributed by atoms with Gasteiger partial charge in [0, 0.05) is 11.3 Å². The Bertz CT molecular complexity index is 818. The molecular weight excluding hydrogens is 336 g/mol. The average Bonchev–Trinajstić information content (AvgIpc) is 2.49. The summed E-state index contributed by atoms with van der Waals surface area (Å²) >= 11 is 5.94. The molecular formula is C16H17ClN2O3S. The summed E-state index contributed by atoms with van der Waals surface area (Å²) in [4.78, 5) is 12.3. The van der Waals surface area contributed by atoms with Crippen LogP contribution in [0.5, 0.6) is 0 Å². The maximum absolute atomic E-state index is 12.3. The van der Waals surface area contributed by atoms with Crippen molar-refractivity contribution in [2.24, 2.45) is 0 Å². The number of benzene rings is 2. The first-order chi connectivity index (χ1) is 10.8. The molecule has 0 fully saturated rings. The molecule has 0 spiro atoms. The zero-order chi connectivity index (χ0) is 17.0. The van der Waals surface area contributed by atoms with E-state index >= 15 is 0 Å². The van der Waals surface area contributed by atoms with Crippen LogP contribution in [0.2, 0.25) is 5.02 Å². The minimum absolute atomic E-state index is 0.170. The van der Waals surface area contributed by atoms with Crippen LogP contribution in [-0.4, -0.2) is 20.6 Å². The fourth-order valence-corrected chi connectivity index (χ4v) is 2.76. The fraction of sp³-hybridized carbons (Fsp3) is 0.188. The third kappa shape index (κ3) is 4.97. The van der Waals surface area contributed by atoms with Gasteiger partial charge in [-0.25, -0.2) is 8.42 Å². The summed E-state index contributed by atoms with van der Waals surface area (Å²) in [5, 5.41) is 2.98. The minimum atomic E-state index is -3.47. The van der Waals surface area contributed by atoms with Crippen molar-refractivity contribution < 1.29 is 13.2 Å². The molecule has 0 aliphatic heterocycles. The van der Waals surface area contributed by atoms with Crippen LogP contribution >= 0.6 is 11.6 Å². The molecule has 23 heavy (non-hydrogen) atoms. The number of hydrogen-bond donors (Lipinski definition) is 2. The Morgan fingerprint density at radius 2 is 1.78 bits per heavy atom. The average molecular weight is 353 g/mol. The van der Waals surface area contributed by atoms with E-state index in [0.29, 0.717) is 11.3 Å². The predicted octanol–water partition coefficient (Wildman–Crippen LogP) is 3.53. The second-order valence-electron chi connectivity index (χ2n) is 5.07. The Labute approximate surface area is 140 Å². The van der Waals surface area contributed by atoms with Crippen LogP contribution in [0.4, 0.5) is 11.4 Å². The van der Waals surface area contributed by atoms with Gasteiger partial charge in [0.25, 0.3) is 5.91 Å². The van der Waals surface area contributed by atoms with Gasteiger partial charge in [-0.05, 0) is 42.3 Å². The van der Waals surface area contributed by atoms with E-state index in [1.807, 2.05) is 24.3 Å². The number of rotatable bonds is 5. The highest BCUT2D eigenvalue weighted by Crippen LogP contribution is 2.24. The first-order valence-corrected chi connectivity index (χ1v) is 9.23. The highest BCUT2D eigenvalue weighted by atomic mass is 35.5. The molecule has 2 aromatic carbocycles. The molecule has 0 aliphatic rings. The summed E-state index contributed by atoms with van der Waals surface area (Å²) in [5.74, 6) is -0.345. The largest absolute Gasteiger partial charge is 0.322 e. The number of amides is 1. The van der Waals surface area contributed by atoms with E-state index in [0.717, 1.165) is 12.7 Å². The van der Waals surface area contributed by atoms with E-state index in [2.05, 4.69) is 17.0 Å². The van der Waals surface area contributed by atoms with E-state index in [1.165, 1.54) is 23.8 Å². The molecule has 7 heteroatoms. The summed E-state index contributed by atoms with van der Waals surface area (Å²) in [7, 11) is -3.47. The standard InChI is InChI=1S/C16H17ClN2O3S/c1-3-11-4-7-13(8-5-11)18-16(20)12-6-9-14(17)15(10-12)19-23(2,21)22/h4-10,19H,3H2,1-2H3,(H,18,20). The highest BCUT2D eigenvalue weighted by Gasteiger charge is 2.12. The molecule has 2 N–H and O–H groups in total.